The van der Waals surface area contributed by atoms with E-state index in [1.807, 2.05) is 6.92 Å². The van der Waals surface area contributed by atoms with Gasteiger partial charge in [0.05, 0.1) is 12.6 Å². The van der Waals surface area contributed by atoms with Crippen LogP contribution in [0.4, 0.5) is 0 Å². The fraction of sp³-hybridized carbons (Fsp3) is 0.600. The Hall–Kier alpha value is -1.54. The minimum atomic E-state index is -1.06. The molecule has 15 heavy (non-hydrogen) atoms. The fourth-order valence-electron chi connectivity index (χ4n) is 1.14. The molecule has 5 nitrogen and oxygen atoms in total. The molecule has 0 rings (SSSR count). The van der Waals surface area contributed by atoms with Crippen LogP contribution in [0.15, 0.2) is 0 Å². The largest absolute Gasteiger partial charge is 0.302 e. The van der Waals surface area contributed by atoms with Crippen LogP contribution in [0.2, 0.25) is 0 Å². The van der Waals surface area contributed by atoms with Crippen molar-refractivity contribution in [1.82, 2.24) is 5.32 Å². The molecule has 0 aromatic rings. The van der Waals surface area contributed by atoms with E-state index in [2.05, 4.69) is 5.32 Å². The Morgan fingerprint density at radius 2 is 2.20 bits per heavy atom. The van der Waals surface area contributed by atoms with Gasteiger partial charge in [-0.2, -0.15) is 5.26 Å². The number of unbranched alkanes of at least 4 members (excludes halogenated alkanes) is 1. The number of rotatable bonds is 8. The normalized spacial score (nSPS) is 11.5. The predicted molar refractivity (Wildman–Crippen MR) is 53.0 cm³/mol. The molecule has 0 aliphatic heterocycles. The Morgan fingerprint density at radius 1 is 1.53 bits per heavy atom. The van der Waals surface area contributed by atoms with Crippen LogP contribution < -0.4 is 5.32 Å². The topological polar surface area (TPSA) is 87.0 Å². The van der Waals surface area contributed by atoms with Gasteiger partial charge in [0.2, 0.25) is 5.78 Å². The van der Waals surface area contributed by atoms with Gasteiger partial charge in [0.1, 0.15) is 12.4 Å². The van der Waals surface area contributed by atoms with Gasteiger partial charge in [-0.15, -0.1) is 0 Å². The number of carbonyl (C=O) groups excluding carboxylic acids is 3. The monoisotopic (exact) mass is 210 g/mol. The Kier molecular flexibility index (Phi) is 7.02. The molecule has 82 valence electrons. The van der Waals surface area contributed by atoms with Gasteiger partial charge in [-0.1, -0.05) is 19.8 Å². The molecule has 0 radical (unpaired) electrons. The first kappa shape index (κ1) is 13.5. The van der Waals surface area contributed by atoms with Crippen molar-refractivity contribution in [3.63, 3.8) is 0 Å². The van der Waals surface area contributed by atoms with Gasteiger partial charge in [0, 0.05) is 0 Å². The van der Waals surface area contributed by atoms with Crippen molar-refractivity contribution < 1.29 is 14.4 Å². The highest BCUT2D eigenvalue weighted by atomic mass is 16.2. The molecule has 5 heteroatoms. The predicted octanol–water partition coefficient (Wildman–Crippen LogP) is -0.00452. The molecule has 0 heterocycles. The molecule has 1 atom stereocenters. The second-order valence-corrected chi connectivity index (χ2v) is 3.07. The maximum absolute atomic E-state index is 11.3. The number of nitrogens with zero attached hydrogens (tertiary/aromatic N) is 1. The maximum atomic E-state index is 11.3. The average Bonchev–Trinajstić information content (AvgIpc) is 2.27. The van der Waals surface area contributed by atoms with Gasteiger partial charge < -0.3 is 10.1 Å². The summed E-state index contributed by atoms with van der Waals surface area (Å²) < 4.78 is 0. The van der Waals surface area contributed by atoms with Crippen molar-refractivity contribution in [1.29, 1.82) is 5.26 Å². The second-order valence-electron chi connectivity index (χ2n) is 3.07. The van der Waals surface area contributed by atoms with Crippen molar-refractivity contribution in [3.05, 3.63) is 0 Å². The van der Waals surface area contributed by atoms with Gasteiger partial charge in [-0.05, 0) is 6.42 Å². The van der Waals surface area contributed by atoms with E-state index in [4.69, 9.17) is 5.26 Å². The van der Waals surface area contributed by atoms with Gasteiger partial charge in [-0.25, -0.2) is 0 Å². The lowest BCUT2D eigenvalue weighted by molar-refractivity contribution is -0.134. The molecule has 0 aliphatic rings. The van der Waals surface area contributed by atoms with E-state index < -0.39 is 17.6 Å². The fourth-order valence-corrected chi connectivity index (χ4v) is 1.14. The molecule has 0 saturated heterocycles. The van der Waals surface area contributed by atoms with Crippen molar-refractivity contribution in [3.8, 4) is 6.07 Å². The number of hydrogen-bond donors (Lipinski definition) is 1. The molecule has 0 aromatic heterocycles. The zero-order valence-corrected chi connectivity index (χ0v) is 8.66. The van der Waals surface area contributed by atoms with E-state index in [9.17, 15) is 14.4 Å². The van der Waals surface area contributed by atoms with E-state index >= 15 is 0 Å². The van der Waals surface area contributed by atoms with Gasteiger partial charge in [-0.3, -0.25) is 9.59 Å². The average molecular weight is 210 g/mol. The van der Waals surface area contributed by atoms with Crippen LogP contribution in [-0.2, 0) is 14.4 Å². The zero-order chi connectivity index (χ0) is 11.7. The van der Waals surface area contributed by atoms with E-state index in [1.54, 1.807) is 0 Å². The van der Waals surface area contributed by atoms with Crippen molar-refractivity contribution in [2.75, 3.05) is 6.54 Å². The summed E-state index contributed by atoms with van der Waals surface area (Å²) in [7, 11) is 0. The third kappa shape index (κ3) is 5.03. The molecule has 1 N–H and O–H groups in total. The second kappa shape index (κ2) is 7.83. The molecule has 0 bridgehead atoms. The standard InChI is InChI=1S/C10H14N2O3/c1-2-3-4-8(12-5-6-13)10(15)9(14)7-11/h6,8,12H,2-5H2,1H3. The van der Waals surface area contributed by atoms with E-state index in [0.29, 0.717) is 12.7 Å². The summed E-state index contributed by atoms with van der Waals surface area (Å²) in [5, 5.41) is 10.9. The minimum Gasteiger partial charge on any atom is -0.302 e. The highest BCUT2D eigenvalue weighted by Gasteiger charge is 2.23. The summed E-state index contributed by atoms with van der Waals surface area (Å²) in [6, 6.07) is 0.575. The van der Waals surface area contributed by atoms with Crippen LogP contribution in [0, 0.1) is 11.3 Å². The number of hydrogen-bond acceptors (Lipinski definition) is 5. The van der Waals surface area contributed by atoms with Crippen molar-refractivity contribution in [2.24, 2.45) is 0 Å². The number of nitriles is 1. The van der Waals surface area contributed by atoms with E-state index in [-0.39, 0.29) is 6.54 Å². The molecule has 0 spiro atoms. The smallest absolute Gasteiger partial charge is 0.299 e. The summed E-state index contributed by atoms with van der Waals surface area (Å²) in [4.78, 5) is 32.3. The van der Waals surface area contributed by atoms with Crippen LogP contribution in [0.5, 0.6) is 0 Å². The highest BCUT2D eigenvalue weighted by Crippen LogP contribution is 2.02. The first-order chi connectivity index (χ1) is 7.17. The summed E-state index contributed by atoms with van der Waals surface area (Å²) in [5.74, 6) is -1.82. The molecule has 0 amide bonds. The van der Waals surface area contributed by atoms with Gasteiger partial charge in [0.25, 0.3) is 5.78 Å². The quantitative estimate of drug-likeness (QED) is 0.346. The number of ketones is 2. The SMILES string of the molecule is CCCCC(NCC=O)C(=O)C(=O)C#N. The molecule has 1 unspecified atom stereocenters. The first-order valence-corrected chi connectivity index (χ1v) is 4.82. The number of nitrogens with one attached hydrogen (secondary N) is 1. The number of carbonyl (C=O) groups is 3. The Bertz CT molecular complexity index is 281. The van der Waals surface area contributed by atoms with Gasteiger partial charge in [0.15, 0.2) is 0 Å². The molecule has 0 saturated carbocycles. The van der Waals surface area contributed by atoms with E-state index in [1.165, 1.54) is 6.07 Å². The lowest BCUT2D eigenvalue weighted by atomic mass is 10.0. The third-order valence-corrected chi connectivity index (χ3v) is 1.94. The lowest BCUT2D eigenvalue weighted by Crippen LogP contribution is -2.41. The summed E-state index contributed by atoms with van der Waals surface area (Å²) >= 11 is 0. The van der Waals surface area contributed by atoms with Gasteiger partial charge >= 0.3 is 0 Å². The Balaban J connectivity index is 4.33. The molecular weight excluding hydrogens is 196 g/mol. The van der Waals surface area contributed by atoms with Crippen LogP contribution in [0.3, 0.4) is 0 Å². The lowest BCUT2D eigenvalue weighted by Gasteiger charge is -2.12. The Morgan fingerprint density at radius 3 is 2.67 bits per heavy atom. The van der Waals surface area contributed by atoms with Crippen molar-refractivity contribution >= 4 is 17.9 Å². The highest BCUT2D eigenvalue weighted by molar-refractivity contribution is 6.45. The van der Waals surface area contributed by atoms with Crippen LogP contribution in [0.25, 0.3) is 0 Å². The number of Topliss-reactive ketones (excluding diaryl/α,β-unsaturated/α-hetero) is 2. The summed E-state index contributed by atoms with van der Waals surface area (Å²) in [5.41, 5.74) is 0. The van der Waals surface area contributed by atoms with Crippen molar-refractivity contribution in [2.45, 2.75) is 32.2 Å². The third-order valence-electron chi connectivity index (χ3n) is 1.94. The first-order valence-electron chi connectivity index (χ1n) is 4.82. The molecule has 0 aromatic carbocycles. The van der Waals surface area contributed by atoms with Crippen LogP contribution >= 0.6 is 0 Å². The maximum Gasteiger partial charge on any atom is 0.299 e. The molecule has 0 aliphatic carbocycles. The molecular formula is C10H14N2O3. The molecule has 0 fully saturated rings. The number of aldehydes is 1. The summed E-state index contributed by atoms with van der Waals surface area (Å²) in [6.07, 6.45) is 2.73. The summed E-state index contributed by atoms with van der Waals surface area (Å²) in [6.45, 7) is 1.96. The zero-order valence-electron chi connectivity index (χ0n) is 8.66. The van der Waals surface area contributed by atoms with E-state index in [0.717, 1.165) is 12.8 Å². The Labute approximate surface area is 88.5 Å². The van der Waals surface area contributed by atoms with Crippen LogP contribution in [-0.4, -0.2) is 30.4 Å². The minimum absolute atomic E-state index is 0.0127. The van der Waals surface area contributed by atoms with Crippen LogP contribution in [0.1, 0.15) is 26.2 Å².